The average Bonchev–Trinajstić information content (AvgIpc) is 2.47. The first-order chi connectivity index (χ1) is 6.04. The fourth-order valence-corrected chi connectivity index (χ4v) is 1.19. The lowest BCUT2D eigenvalue weighted by molar-refractivity contribution is 0.562. The molecule has 0 saturated carbocycles. The fraction of sp³-hybridized carbons (Fsp3) is 0.727. The molecule has 0 atom stereocenters. The SMILES string of the molecule is CCCCn1cc(C(C)(C)C)cn1. The van der Waals surface area contributed by atoms with Crippen molar-refractivity contribution in [3.05, 3.63) is 18.0 Å². The van der Waals surface area contributed by atoms with Crippen LogP contribution in [0.4, 0.5) is 0 Å². The van der Waals surface area contributed by atoms with Gasteiger partial charge in [0.2, 0.25) is 0 Å². The summed E-state index contributed by atoms with van der Waals surface area (Å²) in [5, 5.41) is 4.34. The van der Waals surface area contributed by atoms with Crippen LogP contribution in [0, 0.1) is 0 Å². The number of nitrogens with zero attached hydrogens (tertiary/aromatic N) is 2. The van der Waals surface area contributed by atoms with Gasteiger partial charge in [-0.15, -0.1) is 0 Å². The van der Waals surface area contributed by atoms with Crippen LogP contribution in [0.1, 0.15) is 46.1 Å². The lowest BCUT2D eigenvalue weighted by Gasteiger charge is -2.14. The second-order valence-corrected chi connectivity index (χ2v) is 4.60. The molecule has 0 N–H and O–H groups in total. The van der Waals surface area contributed by atoms with Crippen molar-refractivity contribution in [1.82, 2.24) is 9.78 Å². The van der Waals surface area contributed by atoms with Crippen LogP contribution in [-0.4, -0.2) is 9.78 Å². The minimum absolute atomic E-state index is 0.227. The summed E-state index contributed by atoms with van der Waals surface area (Å²) in [5.41, 5.74) is 1.55. The Morgan fingerprint density at radius 1 is 1.38 bits per heavy atom. The number of aryl methyl sites for hydroxylation is 1. The van der Waals surface area contributed by atoms with Crippen molar-refractivity contribution in [1.29, 1.82) is 0 Å². The van der Waals surface area contributed by atoms with Gasteiger partial charge in [-0.1, -0.05) is 34.1 Å². The molecular formula is C11H20N2. The van der Waals surface area contributed by atoms with Gasteiger partial charge < -0.3 is 0 Å². The van der Waals surface area contributed by atoms with E-state index in [1.807, 2.05) is 10.9 Å². The number of unbranched alkanes of at least 4 members (excludes halogenated alkanes) is 1. The van der Waals surface area contributed by atoms with Gasteiger partial charge in [0, 0.05) is 12.7 Å². The van der Waals surface area contributed by atoms with Gasteiger partial charge in [-0.2, -0.15) is 5.10 Å². The van der Waals surface area contributed by atoms with E-state index in [1.54, 1.807) is 0 Å². The van der Waals surface area contributed by atoms with E-state index in [2.05, 4.69) is 39.0 Å². The summed E-state index contributed by atoms with van der Waals surface area (Å²) in [5.74, 6) is 0. The Morgan fingerprint density at radius 2 is 2.08 bits per heavy atom. The van der Waals surface area contributed by atoms with Crippen LogP contribution in [-0.2, 0) is 12.0 Å². The highest BCUT2D eigenvalue weighted by molar-refractivity contribution is 5.14. The first-order valence-corrected chi connectivity index (χ1v) is 5.07. The molecule has 0 fully saturated rings. The predicted octanol–water partition coefficient (Wildman–Crippen LogP) is 2.98. The van der Waals surface area contributed by atoms with E-state index in [0.717, 1.165) is 6.54 Å². The smallest absolute Gasteiger partial charge is 0.0527 e. The number of hydrogen-bond acceptors (Lipinski definition) is 1. The number of hydrogen-bond donors (Lipinski definition) is 0. The molecule has 0 radical (unpaired) electrons. The molecule has 0 amide bonds. The average molecular weight is 180 g/mol. The highest BCUT2D eigenvalue weighted by Crippen LogP contribution is 2.20. The topological polar surface area (TPSA) is 17.8 Å². The minimum atomic E-state index is 0.227. The maximum atomic E-state index is 4.34. The molecule has 13 heavy (non-hydrogen) atoms. The van der Waals surface area contributed by atoms with Crippen LogP contribution in [0.15, 0.2) is 12.4 Å². The first-order valence-electron chi connectivity index (χ1n) is 5.07. The molecule has 0 unspecified atom stereocenters. The van der Waals surface area contributed by atoms with Crippen LogP contribution in [0.2, 0.25) is 0 Å². The van der Waals surface area contributed by atoms with Gasteiger partial charge in [-0.05, 0) is 17.4 Å². The Bertz CT molecular complexity index is 255. The van der Waals surface area contributed by atoms with Gasteiger partial charge in [-0.3, -0.25) is 4.68 Å². The van der Waals surface area contributed by atoms with E-state index in [-0.39, 0.29) is 5.41 Å². The third kappa shape index (κ3) is 2.87. The van der Waals surface area contributed by atoms with E-state index in [9.17, 15) is 0 Å². The molecule has 1 heterocycles. The van der Waals surface area contributed by atoms with Crippen molar-refractivity contribution in [3.63, 3.8) is 0 Å². The molecule has 2 nitrogen and oxygen atoms in total. The van der Waals surface area contributed by atoms with Gasteiger partial charge in [0.1, 0.15) is 0 Å². The quantitative estimate of drug-likeness (QED) is 0.699. The zero-order valence-corrected chi connectivity index (χ0v) is 9.17. The Hall–Kier alpha value is -0.790. The molecule has 1 aromatic heterocycles. The van der Waals surface area contributed by atoms with Crippen molar-refractivity contribution in [2.45, 2.75) is 52.5 Å². The summed E-state index contributed by atoms with van der Waals surface area (Å²) < 4.78 is 2.05. The number of aromatic nitrogens is 2. The van der Waals surface area contributed by atoms with Crippen LogP contribution in [0.5, 0.6) is 0 Å². The van der Waals surface area contributed by atoms with Crippen molar-refractivity contribution >= 4 is 0 Å². The van der Waals surface area contributed by atoms with E-state index >= 15 is 0 Å². The molecule has 0 aliphatic rings. The van der Waals surface area contributed by atoms with Gasteiger partial charge >= 0.3 is 0 Å². The van der Waals surface area contributed by atoms with Crippen LogP contribution in [0.25, 0.3) is 0 Å². The van der Waals surface area contributed by atoms with Crippen molar-refractivity contribution in [3.8, 4) is 0 Å². The zero-order chi connectivity index (χ0) is 9.90. The Labute approximate surface area is 81.0 Å². The molecule has 74 valence electrons. The number of rotatable bonds is 3. The maximum Gasteiger partial charge on any atom is 0.0527 e. The molecule has 0 aliphatic heterocycles. The van der Waals surface area contributed by atoms with E-state index in [1.165, 1.54) is 18.4 Å². The molecule has 0 saturated heterocycles. The van der Waals surface area contributed by atoms with Crippen LogP contribution in [0.3, 0.4) is 0 Å². The van der Waals surface area contributed by atoms with Gasteiger partial charge in [-0.25, -0.2) is 0 Å². The highest BCUT2D eigenvalue weighted by atomic mass is 15.3. The molecule has 2 heteroatoms. The summed E-state index contributed by atoms with van der Waals surface area (Å²) in [7, 11) is 0. The van der Waals surface area contributed by atoms with Crippen molar-refractivity contribution in [2.24, 2.45) is 0 Å². The monoisotopic (exact) mass is 180 g/mol. The summed E-state index contributed by atoms with van der Waals surface area (Å²) in [4.78, 5) is 0. The summed E-state index contributed by atoms with van der Waals surface area (Å²) >= 11 is 0. The Kier molecular flexibility index (Phi) is 3.12. The standard InChI is InChI=1S/C11H20N2/c1-5-6-7-13-9-10(8-12-13)11(2,3)4/h8-9H,5-7H2,1-4H3. The highest BCUT2D eigenvalue weighted by Gasteiger charge is 2.15. The molecule has 0 bridgehead atoms. The summed E-state index contributed by atoms with van der Waals surface area (Å²) in [6, 6.07) is 0. The maximum absolute atomic E-state index is 4.34. The van der Waals surface area contributed by atoms with E-state index in [0.29, 0.717) is 0 Å². The zero-order valence-electron chi connectivity index (χ0n) is 9.17. The van der Waals surface area contributed by atoms with Crippen LogP contribution < -0.4 is 0 Å². The molecule has 1 aromatic rings. The lowest BCUT2D eigenvalue weighted by Crippen LogP contribution is -2.09. The van der Waals surface area contributed by atoms with E-state index < -0.39 is 0 Å². The molecular weight excluding hydrogens is 160 g/mol. The fourth-order valence-electron chi connectivity index (χ4n) is 1.19. The van der Waals surface area contributed by atoms with Gasteiger partial charge in [0.15, 0.2) is 0 Å². The normalized spacial score (nSPS) is 12.0. The first kappa shape index (κ1) is 10.3. The minimum Gasteiger partial charge on any atom is -0.272 e. The predicted molar refractivity (Wildman–Crippen MR) is 55.8 cm³/mol. The second kappa shape index (κ2) is 3.95. The third-order valence-electron chi connectivity index (χ3n) is 2.24. The van der Waals surface area contributed by atoms with Crippen molar-refractivity contribution < 1.29 is 0 Å². The molecule has 0 aromatic carbocycles. The molecule has 1 rings (SSSR count). The van der Waals surface area contributed by atoms with Crippen LogP contribution >= 0.6 is 0 Å². The largest absolute Gasteiger partial charge is 0.272 e. The Balaban J connectivity index is 2.64. The summed E-state index contributed by atoms with van der Waals surface area (Å²) in [6.07, 6.45) is 6.58. The van der Waals surface area contributed by atoms with Gasteiger partial charge in [0.05, 0.1) is 6.20 Å². The van der Waals surface area contributed by atoms with Gasteiger partial charge in [0.25, 0.3) is 0 Å². The third-order valence-corrected chi connectivity index (χ3v) is 2.24. The lowest BCUT2D eigenvalue weighted by atomic mass is 9.90. The molecule has 0 aliphatic carbocycles. The molecule has 0 spiro atoms. The van der Waals surface area contributed by atoms with E-state index in [4.69, 9.17) is 0 Å². The summed E-state index contributed by atoms with van der Waals surface area (Å²) in [6.45, 7) is 9.90. The van der Waals surface area contributed by atoms with Crippen molar-refractivity contribution in [2.75, 3.05) is 0 Å². The second-order valence-electron chi connectivity index (χ2n) is 4.60. The Morgan fingerprint density at radius 3 is 2.54 bits per heavy atom.